The highest BCUT2D eigenvalue weighted by Gasteiger charge is 1.98. The maximum Gasteiger partial charge on any atom is 0.0555 e. The van der Waals surface area contributed by atoms with Gasteiger partial charge in [0.2, 0.25) is 0 Å². The van der Waals surface area contributed by atoms with Gasteiger partial charge in [0, 0.05) is 7.11 Å². The van der Waals surface area contributed by atoms with Gasteiger partial charge in [0.15, 0.2) is 0 Å². The fraction of sp³-hybridized carbons (Fsp3) is 1.00. The van der Waals surface area contributed by atoms with Crippen molar-refractivity contribution in [2.45, 2.75) is 33.3 Å². The van der Waals surface area contributed by atoms with E-state index in [0.717, 1.165) is 25.4 Å². The van der Waals surface area contributed by atoms with E-state index in [1.54, 1.807) is 7.11 Å². The second-order valence-corrected chi connectivity index (χ2v) is 3.43. The third-order valence-electron chi connectivity index (χ3n) is 1.68. The molecule has 68 valence electrons. The molecular weight excluding hydrogens is 138 g/mol. The van der Waals surface area contributed by atoms with E-state index < -0.39 is 0 Å². The fourth-order valence-electron chi connectivity index (χ4n) is 0.814. The number of ether oxygens (including phenoxy) is 1. The molecular formula is C9H21NO. The Balaban J connectivity index is 3.01. The highest BCUT2D eigenvalue weighted by molar-refractivity contribution is 4.55. The van der Waals surface area contributed by atoms with Gasteiger partial charge in [-0.2, -0.15) is 0 Å². The van der Waals surface area contributed by atoms with E-state index in [-0.39, 0.29) is 0 Å². The van der Waals surface area contributed by atoms with E-state index in [1.165, 1.54) is 0 Å². The summed E-state index contributed by atoms with van der Waals surface area (Å²) in [4.78, 5) is 0. The summed E-state index contributed by atoms with van der Waals surface area (Å²) in [5.74, 6) is 0.743. The Morgan fingerprint density at radius 2 is 1.91 bits per heavy atom. The van der Waals surface area contributed by atoms with E-state index in [2.05, 4.69) is 26.1 Å². The van der Waals surface area contributed by atoms with Gasteiger partial charge in [-0.3, -0.25) is 0 Å². The molecule has 2 nitrogen and oxygen atoms in total. The Hall–Kier alpha value is -0.0800. The minimum Gasteiger partial charge on any atom is -0.382 e. The van der Waals surface area contributed by atoms with Crippen molar-refractivity contribution in [2.75, 3.05) is 20.2 Å². The van der Waals surface area contributed by atoms with Gasteiger partial charge in [-0.25, -0.2) is 0 Å². The smallest absolute Gasteiger partial charge is 0.0555 e. The SMILES string of the molecule is COC(C)CCNCC(C)C. The largest absolute Gasteiger partial charge is 0.382 e. The van der Waals surface area contributed by atoms with Gasteiger partial charge in [0.25, 0.3) is 0 Å². The number of methoxy groups -OCH3 is 1. The van der Waals surface area contributed by atoms with Gasteiger partial charge in [0.1, 0.15) is 0 Å². The maximum atomic E-state index is 5.12. The summed E-state index contributed by atoms with van der Waals surface area (Å²) in [5.41, 5.74) is 0. The standard InChI is InChI=1S/C9H21NO/c1-8(2)7-10-6-5-9(3)11-4/h8-10H,5-7H2,1-4H3. The molecule has 11 heavy (non-hydrogen) atoms. The molecule has 0 aliphatic carbocycles. The van der Waals surface area contributed by atoms with Gasteiger partial charge in [-0.15, -0.1) is 0 Å². The average molecular weight is 159 g/mol. The van der Waals surface area contributed by atoms with Gasteiger partial charge in [-0.1, -0.05) is 13.8 Å². The summed E-state index contributed by atoms with van der Waals surface area (Å²) in [5, 5.41) is 3.37. The topological polar surface area (TPSA) is 21.3 Å². The number of hydrogen-bond acceptors (Lipinski definition) is 2. The van der Waals surface area contributed by atoms with Crippen LogP contribution >= 0.6 is 0 Å². The zero-order valence-corrected chi connectivity index (χ0v) is 8.18. The average Bonchev–Trinajstić information content (AvgIpc) is 1.97. The van der Waals surface area contributed by atoms with Crippen LogP contribution in [0.3, 0.4) is 0 Å². The van der Waals surface area contributed by atoms with Gasteiger partial charge < -0.3 is 10.1 Å². The van der Waals surface area contributed by atoms with E-state index in [9.17, 15) is 0 Å². The van der Waals surface area contributed by atoms with Crippen molar-refractivity contribution in [3.05, 3.63) is 0 Å². The van der Waals surface area contributed by atoms with Crippen molar-refractivity contribution in [1.82, 2.24) is 5.32 Å². The molecule has 1 unspecified atom stereocenters. The van der Waals surface area contributed by atoms with Crippen LogP contribution in [0.25, 0.3) is 0 Å². The molecule has 0 spiro atoms. The second-order valence-electron chi connectivity index (χ2n) is 3.43. The minimum absolute atomic E-state index is 0.384. The van der Waals surface area contributed by atoms with E-state index >= 15 is 0 Å². The zero-order valence-electron chi connectivity index (χ0n) is 8.18. The first-order valence-electron chi connectivity index (χ1n) is 4.40. The lowest BCUT2D eigenvalue weighted by Gasteiger charge is -2.10. The normalized spacial score (nSPS) is 13.9. The lowest BCUT2D eigenvalue weighted by atomic mass is 10.2. The Morgan fingerprint density at radius 3 is 2.36 bits per heavy atom. The fourth-order valence-corrected chi connectivity index (χ4v) is 0.814. The van der Waals surface area contributed by atoms with Crippen LogP contribution in [0.1, 0.15) is 27.2 Å². The first kappa shape index (κ1) is 10.9. The third kappa shape index (κ3) is 7.82. The molecule has 0 heterocycles. The molecule has 0 bridgehead atoms. The Morgan fingerprint density at radius 1 is 1.27 bits per heavy atom. The molecule has 0 rings (SSSR count). The van der Waals surface area contributed by atoms with Crippen molar-refractivity contribution < 1.29 is 4.74 Å². The predicted molar refractivity (Wildman–Crippen MR) is 48.8 cm³/mol. The third-order valence-corrected chi connectivity index (χ3v) is 1.68. The summed E-state index contributed by atoms with van der Waals surface area (Å²) in [7, 11) is 1.76. The van der Waals surface area contributed by atoms with Gasteiger partial charge in [-0.05, 0) is 32.4 Å². The van der Waals surface area contributed by atoms with Crippen LogP contribution in [0.2, 0.25) is 0 Å². The van der Waals surface area contributed by atoms with Crippen molar-refractivity contribution in [2.24, 2.45) is 5.92 Å². The summed E-state index contributed by atoms with van der Waals surface area (Å²) >= 11 is 0. The van der Waals surface area contributed by atoms with Crippen LogP contribution in [-0.4, -0.2) is 26.3 Å². The number of hydrogen-bond donors (Lipinski definition) is 1. The Bertz CT molecular complexity index is 83.6. The molecule has 1 N–H and O–H groups in total. The quantitative estimate of drug-likeness (QED) is 0.595. The van der Waals surface area contributed by atoms with E-state index in [4.69, 9.17) is 4.74 Å². The van der Waals surface area contributed by atoms with Crippen LogP contribution < -0.4 is 5.32 Å². The molecule has 0 radical (unpaired) electrons. The number of rotatable bonds is 6. The predicted octanol–water partition coefficient (Wildman–Crippen LogP) is 1.66. The second kappa shape index (κ2) is 6.62. The van der Waals surface area contributed by atoms with Crippen molar-refractivity contribution in [1.29, 1.82) is 0 Å². The molecule has 0 aromatic heterocycles. The minimum atomic E-state index is 0.384. The van der Waals surface area contributed by atoms with Crippen molar-refractivity contribution >= 4 is 0 Å². The monoisotopic (exact) mass is 159 g/mol. The Labute approximate surface area is 70.3 Å². The molecule has 0 saturated carbocycles. The molecule has 0 amide bonds. The van der Waals surface area contributed by atoms with Gasteiger partial charge in [0.05, 0.1) is 6.10 Å². The van der Waals surface area contributed by atoms with Crippen LogP contribution in [0.15, 0.2) is 0 Å². The highest BCUT2D eigenvalue weighted by Crippen LogP contribution is 1.93. The summed E-state index contributed by atoms with van der Waals surface area (Å²) < 4.78 is 5.12. The van der Waals surface area contributed by atoms with Crippen molar-refractivity contribution in [3.8, 4) is 0 Å². The molecule has 0 fully saturated rings. The van der Waals surface area contributed by atoms with Gasteiger partial charge >= 0.3 is 0 Å². The molecule has 0 aliphatic rings. The highest BCUT2D eigenvalue weighted by atomic mass is 16.5. The van der Waals surface area contributed by atoms with Crippen molar-refractivity contribution in [3.63, 3.8) is 0 Å². The maximum absolute atomic E-state index is 5.12. The van der Waals surface area contributed by atoms with E-state index in [1.807, 2.05) is 0 Å². The lowest BCUT2D eigenvalue weighted by molar-refractivity contribution is 0.111. The zero-order chi connectivity index (χ0) is 8.69. The Kier molecular flexibility index (Phi) is 6.57. The molecule has 2 heteroatoms. The first-order valence-corrected chi connectivity index (χ1v) is 4.40. The molecule has 0 saturated heterocycles. The van der Waals surface area contributed by atoms with Crippen LogP contribution in [0.4, 0.5) is 0 Å². The first-order chi connectivity index (χ1) is 5.16. The molecule has 1 atom stereocenters. The van der Waals surface area contributed by atoms with Crippen LogP contribution in [0, 0.1) is 5.92 Å². The molecule has 0 aromatic rings. The van der Waals surface area contributed by atoms with Crippen LogP contribution in [-0.2, 0) is 4.74 Å². The van der Waals surface area contributed by atoms with E-state index in [0.29, 0.717) is 6.10 Å². The lowest BCUT2D eigenvalue weighted by Crippen LogP contribution is -2.23. The number of nitrogens with one attached hydrogen (secondary N) is 1. The summed E-state index contributed by atoms with van der Waals surface area (Å²) in [6, 6.07) is 0. The summed E-state index contributed by atoms with van der Waals surface area (Å²) in [6.07, 6.45) is 1.48. The molecule has 0 aromatic carbocycles. The molecule has 0 aliphatic heterocycles. The van der Waals surface area contributed by atoms with Crippen LogP contribution in [0.5, 0.6) is 0 Å². The summed E-state index contributed by atoms with van der Waals surface area (Å²) in [6.45, 7) is 8.69.